The summed E-state index contributed by atoms with van der Waals surface area (Å²) in [5, 5.41) is 0. The highest BCUT2D eigenvalue weighted by molar-refractivity contribution is 5.48. The van der Waals surface area contributed by atoms with Gasteiger partial charge in [-0.25, -0.2) is 9.97 Å². The maximum atomic E-state index is 5.85. The normalized spacial score (nSPS) is 19.4. The van der Waals surface area contributed by atoms with Gasteiger partial charge in [-0.1, -0.05) is 0 Å². The van der Waals surface area contributed by atoms with E-state index < -0.39 is 0 Å². The van der Waals surface area contributed by atoms with Crippen LogP contribution in [0.25, 0.3) is 0 Å². The Morgan fingerprint density at radius 2 is 2.26 bits per heavy atom. The van der Waals surface area contributed by atoms with Crippen LogP contribution in [0.5, 0.6) is 0 Å². The number of nitrogens with zero attached hydrogens (tertiary/aromatic N) is 4. The number of aromatic nitrogens is 2. The van der Waals surface area contributed by atoms with Gasteiger partial charge in [-0.05, 0) is 27.4 Å². The first-order valence-corrected chi connectivity index (χ1v) is 6.72. The molecule has 106 valence electrons. The van der Waals surface area contributed by atoms with Crippen LogP contribution in [-0.2, 0) is 11.3 Å². The molecule has 0 amide bonds. The van der Waals surface area contributed by atoms with Gasteiger partial charge < -0.3 is 20.3 Å². The standard InChI is InChI=1S/C13H23N5O/c1-4-19-9-12-15-11(14)7-13(16-12)18-6-5-10(8-18)17(2)3/h7,10H,4-6,8-9H2,1-3H3,(H2,14,15,16). The lowest BCUT2D eigenvalue weighted by Crippen LogP contribution is -2.31. The molecule has 19 heavy (non-hydrogen) atoms. The predicted molar refractivity (Wildman–Crippen MR) is 76.1 cm³/mol. The van der Waals surface area contributed by atoms with Gasteiger partial charge in [0.25, 0.3) is 0 Å². The molecule has 0 saturated carbocycles. The quantitative estimate of drug-likeness (QED) is 0.847. The van der Waals surface area contributed by atoms with Crippen LogP contribution in [0.15, 0.2) is 6.07 Å². The summed E-state index contributed by atoms with van der Waals surface area (Å²) in [4.78, 5) is 13.3. The van der Waals surface area contributed by atoms with Crippen molar-refractivity contribution in [3.63, 3.8) is 0 Å². The van der Waals surface area contributed by atoms with Crippen LogP contribution >= 0.6 is 0 Å². The van der Waals surface area contributed by atoms with E-state index in [1.807, 2.05) is 13.0 Å². The average molecular weight is 265 g/mol. The van der Waals surface area contributed by atoms with Crippen molar-refractivity contribution in [1.29, 1.82) is 0 Å². The van der Waals surface area contributed by atoms with Crippen molar-refractivity contribution >= 4 is 11.6 Å². The van der Waals surface area contributed by atoms with Gasteiger partial charge in [0.2, 0.25) is 0 Å². The Balaban J connectivity index is 2.09. The Bertz CT molecular complexity index is 423. The zero-order valence-corrected chi connectivity index (χ0v) is 12.0. The third-order valence-electron chi connectivity index (χ3n) is 3.43. The summed E-state index contributed by atoms with van der Waals surface area (Å²) in [7, 11) is 4.23. The van der Waals surface area contributed by atoms with E-state index in [1.165, 1.54) is 0 Å². The molecular weight excluding hydrogens is 242 g/mol. The van der Waals surface area contributed by atoms with Crippen molar-refractivity contribution in [2.45, 2.75) is 26.0 Å². The highest BCUT2D eigenvalue weighted by Crippen LogP contribution is 2.21. The Kier molecular flexibility index (Phi) is 4.55. The lowest BCUT2D eigenvalue weighted by molar-refractivity contribution is 0.128. The van der Waals surface area contributed by atoms with Crippen LogP contribution in [0.2, 0.25) is 0 Å². The molecular formula is C13H23N5O. The minimum absolute atomic E-state index is 0.416. The molecule has 6 nitrogen and oxygen atoms in total. The number of nitrogens with two attached hydrogens (primary N) is 1. The van der Waals surface area contributed by atoms with Crippen LogP contribution in [0.1, 0.15) is 19.2 Å². The molecule has 6 heteroatoms. The Hall–Kier alpha value is -1.40. The molecule has 0 spiro atoms. The van der Waals surface area contributed by atoms with E-state index in [2.05, 4.69) is 33.9 Å². The van der Waals surface area contributed by atoms with E-state index in [1.54, 1.807) is 0 Å². The molecule has 0 aliphatic carbocycles. The maximum absolute atomic E-state index is 5.85. The van der Waals surface area contributed by atoms with Gasteiger partial charge in [0, 0.05) is 31.8 Å². The molecule has 1 aromatic heterocycles. The Labute approximate surface area is 114 Å². The second-order valence-electron chi connectivity index (χ2n) is 5.06. The first kappa shape index (κ1) is 14.0. The summed E-state index contributed by atoms with van der Waals surface area (Å²) < 4.78 is 5.34. The summed E-state index contributed by atoms with van der Waals surface area (Å²) in [6.45, 7) is 5.01. The zero-order chi connectivity index (χ0) is 13.8. The van der Waals surface area contributed by atoms with Gasteiger partial charge >= 0.3 is 0 Å². The van der Waals surface area contributed by atoms with Gasteiger partial charge in [0.1, 0.15) is 18.2 Å². The van der Waals surface area contributed by atoms with Gasteiger partial charge in [-0.2, -0.15) is 0 Å². The summed E-state index contributed by atoms with van der Waals surface area (Å²) in [5.74, 6) is 2.07. The van der Waals surface area contributed by atoms with Gasteiger partial charge in [0.05, 0.1) is 0 Å². The molecule has 0 bridgehead atoms. The van der Waals surface area contributed by atoms with Crippen LogP contribution < -0.4 is 10.6 Å². The molecule has 1 aromatic rings. The molecule has 1 unspecified atom stereocenters. The van der Waals surface area contributed by atoms with E-state index in [-0.39, 0.29) is 0 Å². The van der Waals surface area contributed by atoms with E-state index in [0.717, 1.165) is 25.3 Å². The van der Waals surface area contributed by atoms with Crippen LogP contribution in [0.4, 0.5) is 11.6 Å². The van der Waals surface area contributed by atoms with Crippen molar-refractivity contribution < 1.29 is 4.74 Å². The third kappa shape index (κ3) is 3.54. The Morgan fingerprint density at radius 1 is 1.47 bits per heavy atom. The molecule has 0 aromatic carbocycles. The van der Waals surface area contributed by atoms with Crippen LogP contribution in [0, 0.1) is 0 Å². The van der Waals surface area contributed by atoms with Crippen molar-refractivity contribution in [3.05, 3.63) is 11.9 Å². The predicted octanol–water partition coefficient (Wildman–Crippen LogP) is 0.736. The zero-order valence-electron chi connectivity index (χ0n) is 12.0. The first-order chi connectivity index (χ1) is 9.10. The minimum atomic E-state index is 0.416. The van der Waals surface area contributed by atoms with Crippen molar-refractivity contribution in [1.82, 2.24) is 14.9 Å². The smallest absolute Gasteiger partial charge is 0.158 e. The molecule has 2 N–H and O–H groups in total. The van der Waals surface area contributed by atoms with E-state index >= 15 is 0 Å². The average Bonchev–Trinajstić information content (AvgIpc) is 2.85. The monoisotopic (exact) mass is 265 g/mol. The second-order valence-corrected chi connectivity index (χ2v) is 5.06. The molecule has 1 atom stereocenters. The topological polar surface area (TPSA) is 67.5 Å². The summed E-state index contributed by atoms with van der Waals surface area (Å²) in [6, 6.07) is 2.42. The third-order valence-corrected chi connectivity index (χ3v) is 3.43. The fraction of sp³-hybridized carbons (Fsp3) is 0.692. The lowest BCUT2D eigenvalue weighted by Gasteiger charge is -2.21. The number of likely N-dealkylation sites (N-methyl/N-ethyl adjacent to an activating group) is 1. The van der Waals surface area contributed by atoms with E-state index in [9.17, 15) is 0 Å². The first-order valence-electron chi connectivity index (χ1n) is 6.72. The molecule has 1 saturated heterocycles. The number of anilines is 2. The molecule has 2 rings (SSSR count). The summed E-state index contributed by atoms with van der Waals surface area (Å²) in [6.07, 6.45) is 1.15. The van der Waals surface area contributed by atoms with Crippen molar-refractivity contribution in [2.24, 2.45) is 0 Å². The van der Waals surface area contributed by atoms with Gasteiger partial charge in [-0.3, -0.25) is 0 Å². The lowest BCUT2D eigenvalue weighted by atomic mass is 10.2. The molecule has 2 heterocycles. The SMILES string of the molecule is CCOCc1nc(N)cc(N2CCC(N(C)C)C2)n1. The van der Waals surface area contributed by atoms with Crippen molar-refractivity contribution in [3.8, 4) is 0 Å². The van der Waals surface area contributed by atoms with Gasteiger partial charge in [-0.15, -0.1) is 0 Å². The summed E-state index contributed by atoms with van der Waals surface area (Å²) >= 11 is 0. The van der Waals surface area contributed by atoms with Crippen LogP contribution in [0.3, 0.4) is 0 Å². The van der Waals surface area contributed by atoms with Crippen molar-refractivity contribution in [2.75, 3.05) is 44.4 Å². The number of hydrogen-bond acceptors (Lipinski definition) is 6. The fourth-order valence-electron chi connectivity index (χ4n) is 2.29. The number of rotatable bonds is 5. The van der Waals surface area contributed by atoms with Crippen LogP contribution in [-0.4, -0.2) is 54.7 Å². The molecule has 0 radical (unpaired) electrons. The highest BCUT2D eigenvalue weighted by atomic mass is 16.5. The fourth-order valence-corrected chi connectivity index (χ4v) is 2.29. The summed E-state index contributed by atoms with van der Waals surface area (Å²) in [5.41, 5.74) is 5.85. The number of hydrogen-bond donors (Lipinski definition) is 1. The molecule has 1 aliphatic heterocycles. The molecule has 1 aliphatic rings. The van der Waals surface area contributed by atoms with Gasteiger partial charge in [0.15, 0.2) is 5.82 Å². The highest BCUT2D eigenvalue weighted by Gasteiger charge is 2.25. The largest absolute Gasteiger partial charge is 0.384 e. The minimum Gasteiger partial charge on any atom is -0.384 e. The molecule has 1 fully saturated rings. The Morgan fingerprint density at radius 3 is 2.89 bits per heavy atom. The number of nitrogen functional groups attached to an aromatic ring is 1. The van der Waals surface area contributed by atoms with E-state index in [0.29, 0.717) is 30.9 Å². The number of ether oxygens (including phenoxy) is 1. The maximum Gasteiger partial charge on any atom is 0.158 e. The second kappa shape index (κ2) is 6.16. The van der Waals surface area contributed by atoms with E-state index in [4.69, 9.17) is 10.5 Å².